The highest BCUT2D eigenvalue weighted by Crippen LogP contribution is 2.29. The van der Waals surface area contributed by atoms with E-state index in [0.29, 0.717) is 16.7 Å². The number of rotatable bonds is 6. The molecule has 3 aromatic carbocycles. The zero-order chi connectivity index (χ0) is 24.1. The maximum absolute atomic E-state index is 13.2. The lowest BCUT2D eigenvalue weighted by molar-refractivity contribution is -0.136. The van der Waals surface area contributed by atoms with Crippen molar-refractivity contribution in [1.82, 2.24) is 5.32 Å². The maximum Gasteiger partial charge on any atom is 0.408 e. The number of esters is 1. The predicted octanol–water partition coefficient (Wildman–Crippen LogP) is 4.98. The second-order valence-corrected chi connectivity index (χ2v) is 7.78. The number of aryl methyl sites for hydroxylation is 2. The van der Waals surface area contributed by atoms with Gasteiger partial charge < -0.3 is 19.2 Å². The summed E-state index contributed by atoms with van der Waals surface area (Å²) in [6.45, 7) is 3.57. The van der Waals surface area contributed by atoms with Crippen LogP contribution >= 0.6 is 0 Å². The third kappa shape index (κ3) is 5.15. The highest BCUT2D eigenvalue weighted by molar-refractivity contribution is 5.88. The highest BCUT2D eigenvalue weighted by Gasteiger charge is 2.26. The summed E-state index contributed by atoms with van der Waals surface area (Å²) >= 11 is 0. The second-order valence-electron chi connectivity index (χ2n) is 7.78. The van der Waals surface area contributed by atoms with Gasteiger partial charge in [0.25, 0.3) is 0 Å². The summed E-state index contributed by atoms with van der Waals surface area (Å²) in [5, 5.41) is 3.34. The van der Waals surface area contributed by atoms with Gasteiger partial charge in [-0.1, -0.05) is 60.7 Å². The fourth-order valence-electron chi connectivity index (χ4n) is 3.58. The quantitative estimate of drug-likeness (QED) is 0.249. The molecule has 4 rings (SSSR count). The second kappa shape index (κ2) is 10.0. The van der Waals surface area contributed by atoms with E-state index in [1.165, 1.54) is 6.07 Å². The van der Waals surface area contributed by atoms with Crippen LogP contribution < -0.4 is 15.7 Å². The van der Waals surface area contributed by atoms with Crippen LogP contribution in [0.5, 0.6) is 5.75 Å². The standard InChI is InChI=1S/C27H23NO6/c1-17-15-23(29)34-25-18(2)22(14-13-21(17)25)33-26(30)24(20-11-7-4-8-12-20)28-27(31)32-16-19-9-5-3-6-10-19/h3-15,24H,16H2,1-2H3,(H,28,31)/t24-/m1/s1. The zero-order valence-corrected chi connectivity index (χ0v) is 18.7. The van der Waals surface area contributed by atoms with Crippen molar-refractivity contribution in [3.63, 3.8) is 0 Å². The number of hydrogen-bond donors (Lipinski definition) is 1. The molecular formula is C27H23NO6. The minimum atomic E-state index is -1.11. The van der Waals surface area contributed by atoms with Crippen LogP contribution in [0, 0.1) is 13.8 Å². The normalized spacial score (nSPS) is 11.6. The van der Waals surface area contributed by atoms with Crippen LogP contribution in [0.4, 0.5) is 4.79 Å². The Kier molecular flexibility index (Phi) is 6.73. The molecule has 1 N–H and O–H groups in total. The first-order valence-electron chi connectivity index (χ1n) is 10.7. The fourth-order valence-corrected chi connectivity index (χ4v) is 3.58. The summed E-state index contributed by atoms with van der Waals surface area (Å²) in [7, 11) is 0. The molecule has 1 atom stereocenters. The van der Waals surface area contributed by atoms with E-state index in [1.807, 2.05) is 30.3 Å². The highest BCUT2D eigenvalue weighted by atomic mass is 16.6. The molecule has 1 amide bonds. The fraction of sp³-hybridized carbons (Fsp3) is 0.148. The lowest BCUT2D eigenvalue weighted by Crippen LogP contribution is -2.36. The van der Waals surface area contributed by atoms with Gasteiger partial charge in [-0.2, -0.15) is 0 Å². The summed E-state index contributed by atoms with van der Waals surface area (Å²) in [5.41, 5.74) is 2.48. The Morgan fingerprint density at radius 2 is 1.62 bits per heavy atom. The Hall–Kier alpha value is -4.39. The molecule has 0 saturated heterocycles. The van der Waals surface area contributed by atoms with Crippen LogP contribution in [-0.2, 0) is 16.1 Å². The third-order valence-electron chi connectivity index (χ3n) is 5.37. The van der Waals surface area contributed by atoms with E-state index in [-0.39, 0.29) is 12.4 Å². The first kappa shape index (κ1) is 22.8. The molecule has 4 aromatic rings. The van der Waals surface area contributed by atoms with E-state index in [9.17, 15) is 14.4 Å². The van der Waals surface area contributed by atoms with E-state index in [0.717, 1.165) is 16.5 Å². The van der Waals surface area contributed by atoms with E-state index in [1.54, 1.807) is 56.3 Å². The molecule has 0 bridgehead atoms. The minimum absolute atomic E-state index is 0.0609. The summed E-state index contributed by atoms with van der Waals surface area (Å²) in [6, 6.07) is 21.6. The number of carbonyl (C=O) groups excluding carboxylic acids is 2. The molecule has 1 heterocycles. The van der Waals surface area contributed by atoms with Crippen molar-refractivity contribution in [2.24, 2.45) is 0 Å². The van der Waals surface area contributed by atoms with Crippen molar-refractivity contribution in [2.45, 2.75) is 26.5 Å². The van der Waals surface area contributed by atoms with Crippen molar-refractivity contribution in [2.75, 3.05) is 0 Å². The molecule has 0 aliphatic rings. The van der Waals surface area contributed by atoms with E-state index < -0.39 is 23.7 Å². The van der Waals surface area contributed by atoms with Gasteiger partial charge in [0.05, 0.1) is 0 Å². The maximum atomic E-state index is 13.2. The van der Waals surface area contributed by atoms with Crippen molar-refractivity contribution < 1.29 is 23.5 Å². The minimum Gasteiger partial charge on any atom is -0.445 e. The number of alkyl carbamates (subject to hydrolysis) is 1. The van der Waals surface area contributed by atoms with E-state index >= 15 is 0 Å². The van der Waals surface area contributed by atoms with Gasteiger partial charge in [0.2, 0.25) is 0 Å². The average molecular weight is 457 g/mol. The molecular weight excluding hydrogens is 434 g/mol. The molecule has 7 heteroatoms. The van der Waals surface area contributed by atoms with Crippen molar-refractivity contribution >= 4 is 23.0 Å². The van der Waals surface area contributed by atoms with Crippen LogP contribution in [-0.4, -0.2) is 12.1 Å². The third-order valence-corrected chi connectivity index (χ3v) is 5.37. The zero-order valence-electron chi connectivity index (χ0n) is 18.7. The molecule has 0 saturated carbocycles. The Labute approximate surface area is 195 Å². The van der Waals surface area contributed by atoms with Crippen molar-refractivity contribution in [3.05, 3.63) is 112 Å². The first-order valence-corrected chi connectivity index (χ1v) is 10.7. The molecule has 7 nitrogen and oxygen atoms in total. The van der Waals surface area contributed by atoms with Gasteiger partial charge in [0.15, 0.2) is 6.04 Å². The topological polar surface area (TPSA) is 94.8 Å². The summed E-state index contributed by atoms with van der Waals surface area (Å²) in [4.78, 5) is 37.5. The molecule has 0 spiro atoms. The van der Waals surface area contributed by atoms with Gasteiger partial charge in [0, 0.05) is 17.0 Å². The van der Waals surface area contributed by atoms with Crippen LogP contribution in [0.25, 0.3) is 11.0 Å². The van der Waals surface area contributed by atoms with Gasteiger partial charge >= 0.3 is 17.7 Å². The van der Waals surface area contributed by atoms with Crippen molar-refractivity contribution in [3.8, 4) is 5.75 Å². The number of ether oxygens (including phenoxy) is 2. The molecule has 0 fully saturated rings. The lowest BCUT2D eigenvalue weighted by Gasteiger charge is -2.19. The summed E-state index contributed by atoms with van der Waals surface area (Å²) < 4.78 is 16.3. The van der Waals surface area contributed by atoms with Crippen molar-refractivity contribution in [1.29, 1.82) is 0 Å². The Bertz CT molecular complexity index is 1380. The molecule has 172 valence electrons. The number of amides is 1. The van der Waals surface area contributed by atoms with E-state index in [4.69, 9.17) is 13.9 Å². The number of fused-ring (bicyclic) bond motifs is 1. The number of nitrogens with one attached hydrogen (secondary N) is 1. The van der Waals surface area contributed by atoms with Gasteiger partial charge in [-0.15, -0.1) is 0 Å². The number of hydrogen-bond acceptors (Lipinski definition) is 6. The molecule has 34 heavy (non-hydrogen) atoms. The molecule has 1 aromatic heterocycles. The summed E-state index contributed by atoms with van der Waals surface area (Å²) in [6.07, 6.45) is -0.758. The molecule has 0 radical (unpaired) electrons. The Balaban J connectivity index is 1.56. The van der Waals surface area contributed by atoms with Gasteiger partial charge in [0.1, 0.15) is 17.9 Å². The van der Waals surface area contributed by atoms with E-state index in [2.05, 4.69) is 5.32 Å². The Morgan fingerprint density at radius 3 is 2.32 bits per heavy atom. The predicted molar refractivity (Wildman–Crippen MR) is 127 cm³/mol. The van der Waals surface area contributed by atoms with Crippen LogP contribution in [0.3, 0.4) is 0 Å². The van der Waals surface area contributed by atoms with Crippen LogP contribution in [0.1, 0.15) is 28.3 Å². The van der Waals surface area contributed by atoms with Gasteiger partial charge in [-0.25, -0.2) is 14.4 Å². The van der Waals surface area contributed by atoms with Crippen LogP contribution in [0.2, 0.25) is 0 Å². The first-order chi connectivity index (χ1) is 16.4. The van der Waals surface area contributed by atoms with Crippen LogP contribution in [0.15, 0.2) is 88.1 Å². The largest absolute Gasteiger partial charge is 0.445 e. The lowest BCUT2D eigenvalue weighted by atomic mass is 10.1. The average Bonchev–Trinajstić information content (AvgIpc) is 2.84. The Morgan fingerprint density at radius 1 is 0.941 bits per heavy atom. The number of benzene rings is 3. The summed E-state index contributed by atoms with van der Waals surface area (Å²) in [5.74, 6) is -0.480. The molecule has 0 unspecified atom stereocenters. The SMILES string of the molecule is Cc1cc(=O)oc2c(C)c(OC(=O)[C@H](NC(=O)OCc3ccccc3)c3ccccc3)ccc12. The smallest absolute Gasteiger partial charge is 0.408 e. The molecule has 0 aliphatic carbocycles. The molecule has 0 aliphatic heterocycles. The van der Waals surface area contributed by atoms with Gasteiger partial charge in [-0.05, 0) is 42.7 Å². The van der Waals surface area contributed by atoms with Gasteiger partial charge in [-0.3, -0.25) is 0 Å². The monoisotopic (exact) mass is 457 g/mol. The number of carbonyl (C=O) groups is 2.